The van der Waals surface area contributed by atoms with E-state index in [0.717, 1.165) is 5.56 Å². The molecule has 0 aliphatic carbocycles. The number of alkyl halides is 1. The molecule has 1 N–H and O–H groups in total. The number of nitrogens with zero attached hydrogens (tertiary/aromatic N) is 1. The van der Waals surface area contributed by atoms with Crippen molar-refractivity contribution in [3.63, 3.8) is 0 Å². The average molecular weight is 478 g/mol. The summed E-state index contributed by atoms with van der Waals surface area (Å²) < 4.78 is 28.7. The molecule has 0 aromatic heterocycles. The molecule has 0 heterocycles. The highest BCUT2D eigenvalue weighted by Gasteiger charge is 2.32. The second kappa shape index (κ2) is 10.3. The fourth-order valence-corrected chi connectivity index (χ4v) is 5.27. The van der Waals surface area contributed by atoms with E-state index in [9.17, 15) is 13.2 Å². The first-order valence-electron chi connectivity index (χ1n) is 9.53. The third kappa shape index (κ3) is 5.66. The van der Waals surface area contributed by atoms with E-state index < -0.39 is 22.0 Å². The fraction of sp³-hybridized carbons (Fsp3) is 0.174. The third-order valence-electron chi connectivity index (χ3n) is 4.87. The van der Waals surface area contributed by atoms with Crippen molar-refractivity contribution in [1.82, 2.24) is 4.31 Å². The molecule has 5 nitrogen and oxygen atoms in total. The van der Waals surface area contributed by atoms with Gasteiger partial charge in [0.05, 0.1) is 16.5 Å². The normalized spacial score (nSPS) is 12.6. The molecule has 0 amide bonds. The number of halogens is 2. The first-order valence-corrected chi connectivity index (χ1v) is 11.9. The summed E-state index contributed by atoms with van der Waals surface area (Å²) in [6.45, 7) is 0.0569. The maximum Gasteiger partial charge on any atom is 0.335 e. The van der Waals surface area contributed by atoms with Crippen LogP contribution in [0.2, 0.25) is 5.02 Å². The summed E-state index contributed by atoms with van der Waals surface area (Å²) in [5.41, 5.74) is 1.57. The summed E-state index contributed by atoms with van der Waals surface area (Å²) in [5.74, 6) is -0.784. The number of carboxylic acids is 1. The summed E-state index contributed by atoms with van der Waals surface area (Å²) in [4.78, 5) is 11.3. The molecule has 0 aliphatic heterocycles. The number of aromatic carboxylic acids is 1. The van der Waals surface area contributed by atoms with Gasteiger partial charge in [-0.15, -0.1) is 11.6 Å². The van der Waals surface area contributed by atoms with E-state index in [2.05, 4.69) is 0 Å². The Morgan fingerprint density at radius 2 is 1.55 bits per heavy atom. The van der Waals surface area contributed by atoms with Crippen LogP contribution in [0.4, 0.5) is 0 Å². The second-order valence-electron chi connectivity index (χ2n) is 6.91. The van der Waals surface area contributed by atoms with E-state index in [1.54, 1.807) is 66.7 Å². The van der Waals surface area contributed by atoms with Crippen LogP contribution < -0.4 is 0 Å². The Balaban J connectivity index is 2.07. The van der Waals surface area contributed by atoms with Crippen molar-refractivity contribution < 1.29 is 18.3 Å². The van der Waals surface area contributed by atoms with Gasteiger partial charge in [-0.25, -0.2) is 13.2 Å². The van der Waals surface area contributed by atoms with E-state index >= 15 is 0 Å². The molecule has 3 aromatic rings. The van der Waals surface area contributed by atoms with Crippen LogP contribution in [0, 0.1) is 0 Å². The van der Waals surface area contributed by atoms with Crippen molar-refractivity contribution >= 4 is 39.2 Å². The summed E-state index contributed by atoms with van der Waals surface area (Å²) in [5, 5.41) is 9.68. The monoisotopic (exact) mass is 477 g/mol. The number of sulfonamides is 1. The quantitative estimate of drug-likeness (QED) is 0.407. The van der Waals surface area contributed by atoms with Crippen LogP contribution in [0.5, 0.6) is 0 Å². The van der Waals surface area contributed by atoms with E-state index in [0.29, 0.717) is 17.0 Å². The van der Waals surface area contributed by atoms with Crippen LogP contribution in [0.15, 0.2) is 83.8 Å². The lowest BCUT2D eigenvalue weighted by molar-refractivity contribution is 0.0697. The molecule has 0 spiro atoms. The minimum absolute atomic E-state index is 0.0569. The van der Waals surface area contributed by atoms with E-state index in [1.807, 2.05) is 0 Å². The van der Waals surface area contributed by atoms with Crippen molar-refractivity contribution in [3.8, 4) is 0 Å². The molecule has 162 valence electrons. The first-order chi connectivity index (χ1) is 14.8. The van der Waals surface area contributed by atoms with Gasteiger partial charge in [0.15, 0.2) is 0 Å². The Hall–Kier alpha value is -2.38. The highest BCUT2D eigenvalue weighted by atomic mass is 35.5. The Bertz CT molecular complexity index is 1120. The maximum absolute atomic E-state index is 13.6. The molecular formula is C23H21Cl2NO4S. The molecule has 0 saturated heterocycles. The summed E-state index contributed by atoms with van der Waals surface area (Å²) in [6.07, 6.45) is 0.391. The zero-order chi connectivity index (χ0) is 22.4. The molecule has 0 unspecified atom stereocenters. The van der Waals surface area contributed by atoms with Crippen molar-refractivity contribution in [2.24, 2.45) is 0 Å². The highest BCUT2D eigenvalue weighted by Crippen LogP contribution is 2.33. The molecule has 8 heteroatoms. The predicted octanol–water partition coefficient (Wildman–Crippen LogP) is 5.60. The molecule has 0 radical (unpaired) electrons. The Kier molecular flexibility index (Phi) is 7.73. The molecule has 1 atom stereocenters. The van der Waals surface area contributed by atoms with Gasteiger partial charge in [0.25, 0.3) is 0 Å². The number of hydrogen-bond donors (Lipinski definition) is 1. The van der Waals surface area contributed by atoms with Gasteiger partial charge in [-0.2, -0.15) is 4.31 Å². The van der Waals surface area contributed by atoms with Crippen molar-refractivity contribution in [2.45, 2.75) is 23.9 Å². The number of hydrogen-bond acceptors (Lipinski definition) is 3. The number of carboxylic acid groups (broad SMARTS) is 1. The van der Waals surface area contributed by atoms with Gasteiger partial charge in [-0.05, 0) is 53.9 Å². The molecular weight excluding hydrogens is 457 g/mol. The zero-order valence-corrected chi connectivity index (χ0v) is 18.8. The zero-order valence-electron chi connectivity index (χ0n) is 16.5. The van der Waals surface area contributed by atoms with Crippen LogP contribution in [0.25, 0.3) is 0 Å². The Morgan fingerprint density at radius 1 is 0.935 bits per heavy atom. The fourth-order valence-electron chi connectivity index (χ4n) is 3.29. The van der Waals surface area contributed by atoms with Gasteiger partial charge in [0, 0.05) is 17.4 Å². The topological polar surface area (TPSA) is 74.7 Å². The summed E-state index contributed by atoms with van der Waals surface area (Å²) in [7, 11) is -3.88. The van der Waals surface area contributed by atoms with Crippen LogP contribution in [0.1, 0.15) is 33.9 Å². The number of benzene rings is 3. The second-order valence-corrected chi connectivity index (χ2v) is 9.62. The van der Waals surface area contributed by atoms with Gasteiger partial charge in [-0.1, -0.05) is 54.1 Å². The van der Waals surface area contributed by atoms with E-state index in [4.69, 9.17) is 28.3 Å². The third-order valence-corrected chi connectivity index (χ3v) is 7.21. The lowest BCUT2D eigenvalue weighted by atomic mass is 10.0. The molecule has 0 bridgehead atoms. The molecule has 0 fully saturated rings. The lowest BCUT2D eigenvalue weighted by Crippen LogP contribution is -2.35. The molecule has 3 aromatic carbocycles. The van der Waals surface area contributed by atoms with Crippen molar-refractivity contribution in [2.75, 3.05) is 5.88 Å². The Labute approximate surface area is 191 Å². The van der Waals surface area contributed by atoms with Gasteiger partial charge in [0.1, 0.15) is 0 Å². The Morgan fingerprint density at radius 3 is 2.10 bits per heavy atom. The summed E-state index contributed by atoms with van der Waals surface area (Å²) >= 11 is 12.1. The first kappa shape index (κ1) is 23.3. The minimum atomic E-state index is -3.88. The standard InChI is InChI=1S/C23H21Cl2NO4S/c24-15-14-22(18-10-12-20(25)13-11-18)26(31(29,30)21-4-2-1-3-5-21)16-17-6-8-19(9-7-17)23(27)28/h1-13,22H,14-16H2,(H,27,28)/t22-/m0/s1. The van der Waals surface area contributed by atoms with Gasteiger partial charge in [0.2, 0.25) is 10.0 Å². The van der Waals surface area contributed by atoms with Crippen LogP contribution in [-0.2, 0) is 16.6 Å². The molecule has 0 aliphatic rings. The van der Waals surface area contributed by atoms with Gasteiger partial charge >= 0.3 is 5.97 Å². The molecule has 31 heavy (non-hydrogen) atoms. The largest absolute Gasteiger partial charge is 0.478 e. The SMILES string of the molecule is O=C(O)c1ccc(CN([C@@H](CCCl)c2ccc(Cl)cc2)S(=O)(=O)c2ccccc2)cc1. The predicted molar refractivity (Wildman–Crippen MR) is 122 cm³/mol. The molecule has 3 rings (SSSR count). The van der Waals surface area contributed by atoms with Crippen LogP contribution >= 0.6 is 23.2 Å². The minimum Gasteiger partial charge on any atom is -0.478 e. The van der Waals surface area contributed by atoms with Crippen molar-refractivity contribution in [3.05, 3.63) is 101 Å². The molecule has 0 saturated carbocycles. The highest BCUT2D eigenvalue weighted by molar-refractivity contribution is 7.89. The van der Waals surface area contributed by atoms with Gasteiger partial charge < -0.3 is 5.11 Å². The number of rotatable bonds is 9. The van der Waals surface area contributed by atoms with E-state index in [-0.39, 0.29) is 22.9 Å². The van der Waals surface area contributed by atoms with Crippen LogP contribution in [0.3, 0.4) is 0 Å². The van der Waals surface area contributed by atoms with Gasteiger partial charge in [-0.3, -0.25) is 0 Å². The van der Waals surface area contributed by atoms with Crippen molar-refractivity contribution in [1.29, 1.82) is 0 Å². The van der Waals surface area contributed by atoms with Crippen LogP contribution in [-0.4, -0.2) is 29.7 Å². The lowest BCUT2D eigenvalue weighted by Gasteiger charge is -2.31. The number of carbonyl (C=O) groups is 1. The average Bonchev–Trinajstić information content (AvgIpc) is 2.77. The summed E-state index contributed by atoms with van der Waals surface area (Å²) in [6, 6.07) is 20.9. The maximum atomic E-state index is 13.6. The van der Waals surface area contributed by atoms with E-state index in [1.165, 1.54) is 16.4 Å². The smallest absolute Gasteiger partial charge is 0.335 e.